The smallest absolute Gasteiger partial charge is 0.262 e. The minimum absolute atomic E-state index is 0.0626. The van der Waals surface area contributed by atoms with Crippen LogP contribution in [0.4, 0.5) is 0 Å². The molecule has 0 radical (unpaired) electrons. The summed E-state index contributed by atoms with van der Waals surface area (Å²) >= 11 is 0. The van der Waals surface area contributed by atoms with Crippen molar-refractivity contribution in [1.29, 1.82) is 0 Å². The van der Waals surface area contributed by atoms with Gasteiger partial charge in [-0.25, -0.2) is 13.4 Å². The molecule has 3 aliphatic rings. The highest BCUT2D eigenvalue weighted by Crippen LogP contribution is 2.50. The van der Waals surface area contributed by atoms with Gasteiger partial charge in [-0.3, -0.25) is 4.79 Å². The van der Waals surface area contributed by atoms with E-state index in [1.54, 1.807) is 22.1 Å². The first-order valence-corrected chi connectivity index (χ1v) is 12.1. The van der Waals surface area contributed by atoms with Gasteiger partial charge in [0.25, 0.3) is 10.0 Å². The number of hydrogen-bond acceptors (Lipinski definition) is 5. The van der Waals surface area contributed by atoms with Gasteiger partial charge in [-0.05, 0) is 25.7 Å². The number of amides is 1. The van der Waals surface area contributed by atoms with Crippen molar-refractivity contribution in [2.24, 2.45) is 24.8 Å². The first-order chi connectivity index (χ1) is 13.7. The van der Waals surface area contributed by atoms with Crippen molar-refractivity contribution in [2.75, 3.05) is 39.3 Å². The van der Waals surface area contributed by atoms with Gasteiger partial charge in [-0.1, -0.05) is 13.8 Å². The van der Waals surface area contributed by atoms with Gasteiger partial charge in [-0.15, -0.1) is 0 Å². The highest BCUT2D eigenvalue weighted by Gasteiger charge is 2.61. The number of aromatic nitrogens is 2. The number of aryl methyl sites for hydroxylation is 1. The molecule has 4 rings (SSSR count). The summed E-state index contributed by atoms with van der Waals surface area (Å²) in [5.41, 5.74) is -0.210. The van der Waals surface area contributed by atoms with E-state index in [0.29, 0.717) is 44.3 Å². The van der Waals surface area contributed by atoms with Crippen LogP contribution in [0.3, 0.4) is 0 Å². The van der Waals surface area contributed by atoms with Gasteiger partial charge in [-0.2, -0.15) is 4.31 Å². The van der Waals surface area contributed by atoms with Crippen LogP contribution >= 0.6 is 0 Å². The Morgan fingerprint density at radius 2 is 1.93 bits per heavy atom. The number of carbonyl (C=O) groups is 1. The summed E-state index contributed by atoms with van der Waals surface area (Å²) in [7, 11) is -1.82. The van der Waals surface area contributed by atoms with E-state index in [2.05, 4.69) is 28.6 Å². The fourth-order valence-electron chi connectivity index (χ4n) is 5.84. The lowest BCUT2D eigenvalue weighted by Crippen LogP contribution is -2.57. The van der Waals surface area contributed by atoms with Crippen molar-refractivity contribution < 1.29 is 13.2 Å². The molecule has 1 spiro atoms. The Morgan fingerprint density at radius 3 is 2.48 bits per heavy atom. The van der Waals surface area contributed by atoms with Gasteiger partial charge in [0.15, 0.2) is 5.03 Å². The summed E-state index contributed by atoms with van der Waals surface area (Å²) in [6.45, 7) is 10.9. The Hall–Kier alpha value is -1.45. The Bertz CT molecular complexity index is 872. The van der Waals surface area contributed by atoms with Crippen LogP contribution in [0, 0.1) is 17.8 Å². The zero-order valence-electron chi connectivity index (χ0n) is 17.9. The molecule has 3 saturated heterocycles. The molecule has 0 unspecified atom stereocenters. The van der Waals surface area contributed by atoms with Crippen molar-refractivity contribution in [3.63, 3.8) is 0 Å². The van der Waals surface area contributed by atoms with E-state index in [4.69, 9.17) is 0 Å². The van der Waals surface area contributed by atoms with E-state index < -0.39 is 10.0 Å². The standard InChI is InChI=1S/C20H33N5O3S/c1-5-25-19(26)16-11-23(10-15(2)3)12-17(16)20(25)6-8-24(9-7-20)29(27,28)18-13-22(4)14-21-18/h13-17H,5-12H2,1-4H3/t16-,17+/m0/s1. The minimum atomic E-state index is -3.59. The Morgan fingerprint density at radius 1 is 1.24 bits per heavy atom. The molecule has 1 aromatic rings. The fourth-order valence-corrected chi connectivity index (χ4v) is 7.25. The number of carbonyl (C=O) groups excluding carboxylic acids is 1. The summed E-state index contributed by atoms with van der Waals surface area (Å²) in [6, 6.07) is 0. The lowest BCUT2D eigenvalue weighted by atomic mass is 9.75. The second kappa shape index (κ2) is 7.35. The fraction of sp³-hybridized carbons (Fsp3) is 0.800. The number of rotatable bonds is 5. The van der Waals surface area contributed by atoms with Gasteiger partial charge in [0.1, 0.15) is 0 Å². The number of sulfonamides is 1. The molecule has 29 heavy (non-hydrogen) atoms. The maximum atomic E-state index is 13.2. The van der Waals surface area contributed by atoms with Crippen LogP contribution in [0.25, 0.3) is 0 Å². The first kappa shape index (κ1) is 20.8. The number of hydrogen-bond donors (Lipinski definition) is 0. The molecule has 1 aromatic heterocycles. The third kappa shape index (κ3) is 3.31. The van der Waals surface area contributed by atoms with Crippen molar-refractivity contribution in [3.05, 3.63) is 12.5 Å². The summed E-state index contributed by atoms with van der Waals surface area (Å²) < 4.78 is 29.2. The maximum absolute atomic E-state index is 13.2. The largest absolute Gasteiger partial charge is 0.339 e. The number of piperidine rings is 1. The summed E-state index contributed by atoms with van der Waals surface area (Å²) in [5, 5.41) is 0.104. The number of nitrogens with zero attached hydrogens (tertiary/aromatic N) is 5. The minimum Gasteiger partial charge on any atom is -0.339 e. The van der Waals surface area contributed by atoms with Crippen LogP contribution in [0.15, 0.2) is 17.6 Å². The van der Waals surface area contributed by atoms with Crippen LogP contribution in [0.5, 0.6) is 0 Å². The predicted octanol–water partition coefficient (Wildman–Crippen LogP) is 1.01. The average molecular weight is 424 g/mol. The van der Waals surface area contributed by atoms with Crippen LogP contribution < -0.4 is 0 Å². The Labute approximate surface area is 173 Å². The van der Waals surface area contributed by atoms with E-state index in [0.717, 1.165) is 19.6 Å². The van der Waals surface area contributed by atoms with Crippen LogP contribution in [0.2, 0.25) is 0 Å². The quantitative estimate of drug-likeness (QED) is 0.706. The summed E-state index contributed by atoms with van der Waals surface area (Å²) in [4.78, 5) is 21.7. The van der Waals surface area contributed by atoms with Crippen LogP contribution in [0.1, 0.15) is 33.6 Å². The van der Waals surface area contributed by atoms with E-state index in [9.17, 15) is 13.2 Å². The second-order valence-corrected chi connectivity index (χ2v) is 11.2. The third-order valence-corrected chi connectivity index (χ3v) is 8.80. The van der Waals surface area contributed by atoms with Gasteiger partial charge in [0, 0.05) is 58.4 Å². The van der Waals surface area contributed by atoms with Gasteiger partial charge in [0.2, 0.25) is 5.91 Å². The van der Waals surface area contributed by atoms with Crippen molar-refractivity contribution in [1.82, 2.24) is 23.7 Å². The molecule has 4 heterocycles. The molecule has 3 fully saturated rings. The van der Waals surface area contributed by atoms with Gasteiger partial charge in [0.05, 0.1) is 17.8 Å². The molecular weight excluding hydrogens is 390 g/mol. The lowest BCUT2D eigenvalue weighted by Gasteiger charge is -2.47. The molecule has 1 amide bonds. The summed E-state index contributed by atoms with van der Waals surface area (Å²) in [5.74, 6) is 1.21. The maximum Gasteiger partial charge on any atom is 0.262 e. The van der Waals surface area contributed by atoms with Crippen molar-refractivity contribution >= 4 is 15.9 Å². The molecule has 0 aliphatic carbocycles. The highest BCUT2D eigenvalue weighted by molar-refractivity contribution is 7.89. The summed E-state index contributed by atoms with van der Waals surface area (Å²) in [6.07, 6.45) is 4.47. The third-order valence-electron chi connectivity index (χ3n) is 7.02. The van der Waals surface area contributed by atoms with Crippen molar-refractivity contribution in [2.45, 2.75) is 44.2 Å². The van der Waals surface area contributed by atoms with Gasteiger partial charge >= 0.3 is 0 Å². The Kier molecular flexibility index (Phi) is 5.28. The van der Waals surface area contributed by atoms with E-state index in [1.807, 2.05) is 6.92 Å². The molecule has 0 N–H and O–H groups in total. The van der Waals surface area contributed by atoms with Crippen LogP contribution in [-0.4, -0.2) is 82.8 Å². The van der Waals surface area contributed by atoms with E-state index in [1.165, 1.54) is 6.33 Å². The number of likely N-dealkylation sites (tertiary alicyclic amines) is 2. The van der Waals surface area contributed by atoms with Crippen LogP contribution in [-0.2, 0) is 21.9 Å². The SMILES string of the molecule is CCN1C(=O)[C@H]2CN(CC(C)C)C[C@H]2C12CCN(S(=O)(=O)c1cn(C)cn1)CC2. The van der Waals surface area contributed by atoms with Crippen molar-refractivity contribution in [3.8, 4) is 0 Å². The van der Waals surface area contributed by atoms with Gasteiger partial charge < -0.3 is 14.4 Å². The molecule has 0 saturated carbocycles. The normalized spacial score (nSPS) is 28.0. The molecule has 0 aromatic carbocycles. The Balaban J connectivity index is 1.54. The van der Waals surface area contributed by atoms with E-state index >= 15 is 0 Å². The molecule has 8 nitrogen and oxygen atoms in total. The molecule has 2 atom stereocenters. The predicted molar refractivity (Wildman–Crippen MR) is 110 cm³/mol. The second-order valence-electron chi connectivity index (χ2n) is 9.29. The molecular formula is C20H33N5O3S. The molecule has 162 valence electrons. The lowest BCUT2D eigenvalue weighted by molar-refractivity contribution is -0.135. The average Bonchev–Trinajstić information content (AvgIpc) is 3.33. The topological polar surface area (TPSA) is 78.8 Å². The molecule has 3 aliphatic heterocycles. The number of imidazole rings is 1. The molecule has 0 bridgehead atoms. The number of fused-ring (bicyclic) bond motifs is 2. The highest BCUT2D eigenvalue weighted by atomic mass is 32.2. The first-order valence-electron chi connectivity index (χ1n) is 10.7. The zero-order chi connectivity index (χ0) is 21.0. The van der Waals surface area contributed by atoms with E-state index in [-0.39, 0.29) is 22.4 Å². The zero-order valence-corrected chi connectivity index (χ0v) is 18.7. The molecule has 9 heteroatoms. The monoisotopic (exact) mass is 423 g/mol.